The van der Waals surface area contributed by atoms with Gasteiger partial charge in [0.1, 0.15) is 0 Å². The Morgan fingerprint density at radius 2 is 1.78 bits per heavy atom. The lowest BCUT2D eigenvalue weighted by Gasteiger charge is -2.17. The van der Waals surface area contributed by atoms with Crippen LogP contribution in [0.25, 0.3) is 0 Å². The molecule has 0 aromatic heterocycles. The van der Waals surface area contributed by atoms with Crippen LogP contribution in [-0.4, -0.2) is 11.9 Å². The fourth-order valence-electron chi connectivity index (χ4n) is 2.93. The number of benzene rings is 2. The summed E-state index contributed by atoms with van der Waals surface area (Å²) in [6.07, 6.45) is 4.86. The van der Waals surface area contributed by atoms with Crippen molar-refractivity contribution in [2.45, 2.75) is 31.7 Å². The van der Waals surface area contributed by atoms with Crippen LogP contribution in [0.2, 0.25) is 0 Å². The lowest BCUT2D eigenvalue weighted by molar-refractivity contribution is 0.102. The third-order valence-electron chi connectivity index (χ3n) is 4.14. The van der Waals surface area contributed by atoms with Crippen LogP contribution in [0, 0.1) is 11.3 Å². The van der Waals surface area contributed by atoms with E-state index >= 15 is 0 Å². The molecule has 1 saturated carbocycles. The molecule has 2 aromatic rings. The summed E-state index contributed by atoms with van der Waals surface area (Å²) in [4.78, 5) is 12.4. The maximum atomic E-state index is 12.4. The number of amides is 1. The van der Waals surface area contributed by atoms with Gasteiger partial charge in [0.2, 0.25) is 0 Å². The van der Waals surface area contributed by atoms with Crippen LogP contribution in [-0.2, 0) is 0 Å². The third-order valence-corrected chi connectivity index (χ3v) is 4.14. The number of carbonyl (C=O) groups excluding carboxylic acids is 1. The van der Waals surface area contributed by atoms with Gasteiger partial charge in [-0.15, -0.1) is 0 Å². The molecule has 116 valence electrons. The zero-order chi connectivity index (χ0) is 16.1. The number of nitrogens with zero attached hydrogens (tertiary/aromatic N) is 1. The molecule has 1 amide bonds. The predicted molar refractivity (Wildman–Crippen MR) is 91.4 cm³/mol. The maximum Gasteiger partial charge on any atom is 0.255 e. The van der Waals surface area contributed by atoms with Crippen molar-refractivity contribution in [3.8, 4) is 6.07 Å². The molecule has 0 heterocycles. The number of hydrogen-bond acceptors (Lipinski definition) is 3. The second-order valence-electron chi connectivity index (χ2n) is 5.82. The van der Waals surface area contributed by atoms with Crippen molar-refractivity contribution in [1.82, 2.24) is 0 Å². The van der Waals surface area contributed by atoms with E-state index in [4.69, 9.17) is 5.26 Å². The Hall–Kier alpha value is -2.80. The van der Waals surface area contributed by atoms with Crippen molar-refractivity contribution in [3.05, 3.63) is 59.7 Å². The molecule has 0 unspecified atom stereocenters. The number of nitrogens with one attached hydrogen (secondary N) is 2. The van der Waals surface area contributed by atoms with E-state index in [9.17, 15) is 4.79 Å². The average Bonchev–Trinajstić information content (AvgIpc) is 3.09. The van der Waals surface area contributed by atoms with Gasteiger partial charge in [0, 0.05) is 11.6 Å². The Morgan fingerprint density at radius 3 is 2.52 bits per heavy atom. The summed E-state index contributed by atoms with van der Waals surface area (Å²) in [5, 5.41) is 15.4. The van der Waals surface area contributed by atoms with E-state index in [0.717, 1.165) is 11.4 Å². The molecule has 0 spiro atoms. The molecular weight excluding hydrogens is 286 g/mol. The van der Waals surface area contributed by atoms with Crippen LogP contribution in [0.3, 0.4) is 0 Å². The van der Waals surface area contributed by atoms with Gasteiger partial charge >= 0.3 is 0 Å². The fourth-order valence-corrected chi connectivity index (χ4v) is 2.93. The monoisotopic (exact) mass is 305 g/mol. The minimum atomic E-state index is -0.206. The highest BCUT2D eigenvalue weighted by Crippen LogP contribution is 2.27. The minimum absolute atomic E-state index is 0.206. The van der Waals surface area contributed by atoms with E-state index < -0.39 is 0 Å². The maximum absolute atomic E-state index is 12.4. The topological polar surface area (TPSA) is 64.9 Å². The fraction of sp³-hybridized carbons (Fsp3) is 0.263. The molecule has 4 nitrogen and oxygen atoms in total. The van der Waals surface area contributed by atoms with Crippen LogP contribution >= 0.6 is 0 Å². The second kappa shape index (κ2) is 6.97. The van der Waals surface area contributed by atoms with Crippen LogP contribution < -0.4 is 10.6 Å². The molecule has 0 saturated heterocycles. The van der Waals surface area contributed by atoms with Gasteiger partial charge in [-0.1, -0.05) is 31.0 Å². The zero-order valence-electron chi connectivity index (χ0n) is 12.9. The molecule has 3 rings (SSSR count). The first-order chi connectivity index (χ1) is 11.3. The molecule has 4 heteroatoms. The van der Waals surface area contributed by atoms with Crippen molar-refractivity contribution >= 4 is 17.3 Å². The van der Waals surface area contributed by atoms with Crippen LogP contribution in [0.15, 0.2) is 48.5 Å². The molecule has 2 aromatic carbocycles. The lowest BCUT2D eigenvalue weighted by atomic mass is 10.1. The standard InChI is InChI=1S/C19H19N3O/c20-13-14-6-5-7-15(12-14)19(23)22-18-11-4-3-10-17(18)21-16-8-1-2-9-16/h3-7,10-12,16,21H,1-2,8-9H2,(H,22,23). The van der Waals surface area contributed by atoms with Crippen LogP contribution in [0.5, 0.6) is 0 Å². The van der Waals surface area contributed by atoms with Gasteiger partial charge in [-0.05, 0) is 43.2 Å². The Bertz CT molecular complexity index is 742. The molecule has 1 fully saturated rings. The Morgan fingerprint density at radius 1 is 1.04 bits per heavy atom. The van der Waals surface area contributed by atoms with Crippen molar-refractivity contribution in [3.63, 3.8) is 0 Å². The van der Waals surface area contributed by atoms with Crippen molar-refractivity contribution in [2.75, 3.05) is 10.6 Å². The number of carbonyl (C=O) groups is 1. The second-order valence-corrected chi connectivity index (χ2v) is 5.82. The highest BCUT2D eigenvalue weighted by Gasteiger charge is 2.16. The van der Waals surface area contributed by atoms with E-state index in [-0.39, 0.29) is 5.91 Å². The summed E-state index contributed by atoms with van der Waals surface area (Å²) in [5.41, 5.74) is 2.69. The molecule has 0 bridgehead atoms. The molecule has 0 atom stereocenters. The Labute approximate surface area is 136 Å². The van der Waals surface area contributed by atoms with E-state index in [2.05, 4.69) is 16.7 Å². The molecular formula is C19H19N3O. The van der Waals surface area contributed by atoms with E-state index in [0.29, 0.717) is 17.2 Å². The number of hydrogen-bond donors (Lipinski definition) is 2. The predicted octanol–water partition coefficient (Wildman–Crippen LogP) is 4.17. The molecule has 23 heavy (non-hydrogen) atoms. The minimum Gasteiger partial charge on any atom is -0.381 e. The number of nitriles is 1. The van der Waals surface area contributed by atoms with Gasteiger partial charge in [-0.25, -0.2) is 0 Å². The van der Waals surface area contributed by atoms with E-state index in [1.807, 2.05) is 24.3 Å². The zero-order valence-corrected chi connectivity index (χ0v) is 12.9. The number of rotatable bonds is 4. The molecule has 0 radical (unpaired) electrons. The average molecular weight is 305 g/mol. The van der Waals surface area contributed by atoms with Gasteiger partial charge in [-0.2, -0.15) is 5.26 Å². The first-order valence-corrected chi connectivity index (χ1v) is 7.93. The first-order valence-electron chi connectivity index (χ1n) is 7.93. The SMILES string of the molecule is N#Cc1cccc(C(=O)Nc2ccccc2NC2CCCC2)c1. The van der Waals surface area contributed by atoms with Gasteiger partial charge in [0.25, 0.3) is 5.91 Å². The Kier molecular flexibility index (Phi) is 4.58. The summed E-state index contributed by atoms with van der Waals surface area (Å²) in [6, 6.07) is 17.0. The largest absolute Gasteiger partial charge is 0.381 e. The first kappa shape index (κ1) is 15.1. The van der Waals surface area contributed by atoms with E-state index in [1.54, 1.807) is 24.3 Å². The van der Waals surface area contributed by atoms with Gasteiger partial charge in [0.15, 0.2) is 0 Å². The molecule has 1 aliphatic carbocycles. The number of para-hydroxylation sites is 2. The van der Waals surface area contributed by atoms with Crippen LogP contribution in [0.1, 0.15) is 41.6 Å². The highest BCUT2D eigenvalue weighted by atomic mass is 16.1. The summed E-state index contributed by atoms with van der Waals surface area (Å²) in [6.45, 7) is 0. The summed E-state index contributed by atoms with van der Waals surface area (Å²) in [7, 11) is 0. The van der Waals surface area contributed by atoms with Crippen molar-refractivity contribution in [2.24, 2.45) is 0 Å². The Balaban J connectivity index is 1.76. The molecule has 2 N–H and O–H groups in total. The van der Waals surface area contributed by atoms with E-state index in [1.165, 1.54) is 25.7 Å². The van der Waals surface area contributed by atoms with Gasteiger partial charge < -0.3 is 10.6 Å². The number of anilines is 2. The highest BCUT2D eigenvalue weighted by molar-refractivity contribution is 6.06. The summed E-state index contributed by atoms with van der Waals surface area (Å²) in [5.74, 6) is -0.206. The van der Waals surface area contributed by atoms with Crippen molar-refractivity contribution < 1.29 is 4.79 Å². The van der Waals surface area contributed by atoms with Crippen LogP contribution in [0.4, 0.5) is 11.4 Å². The molecule has 0 aliphatic heterocycles. The lowest BCUT2D eigenvalue weighted by Crippen LogP contribution is -2.18. The quantitative estimate of drug-likeness (QED) is 0.891. The molecule has 1 aliphatic rings. The van der Waals surface area contributed by atoms with Crippen molar-refractivity contribution in [1.29, 1.82) is 5.26 Å². The normalized spacial score (nSPS) is 14.2. The smallest absolute Gasteiger partial charge is 0.255 e. The summed E-state index contributed by atoms with van der Waals surface area (Å²) >= 11 is 0. The van der Waals surface area contributed by atoms with Gasteiger partial charge in [-0.3, -0.25) is 4.79 Å². The summed E-state index contributed by atoms with van der Waals surface area (Å²) < 4.78 is 0. The van der Waals surface area contributed by atoms with Gasteiger partial charge in [0.05, 0.1) is 23.0 Å². The third kappa shape index (κ3) is 3.70.